The average molecular weight is 321 g/mol. The normalized spacial score (nSPS) is 10.6. The van der Waals surface area contributed by atoms with Crippen molar-refractivity contribution < 1.29 is 9.53 Å². The van der Waals surface area contributed by atoms with Gasteiger partial charge in [0.05, 0.1) is 17.6 Å². The van der Waals surface area contributed by atoms with Gasteiger partial charge in [-0.15, -0.1) is 0 Å². The van der Waals surface area contributed by atoms with Crippen LogP contribution in [0.15, 0.2) is 42.5 Å². The molecule has 0 unspecified atom stereocenters. The van der Waals surface area contributed by atoms with Gasteiger partial charge in [0.1, 0.15) is 0 Å². The largest absolute Gasteiger partial charge is 0.461 e. The predicted octanol–water partition coefficient (Wildman–Crippen LogP) is 4.17. The summed E-state index contributed by atoms with van der Waals surface area (Å²) in [6, 6.07) is 13.5. The van der Waals surface area contributed by atoms with Crippen molar-refractivity contribution >= 4 is 28.5 Å². The minimum Gasteiger partial charge on any atom is -0.461 e. The molecule has 0 aliphatic carbocycles. The van der Waals surface area contributed by atoms with Crippen LogP contribution in [-0.2, 0) is 4.74 Å². The number of aryl methyl sites for hydroxylation is 2. The van der Waals surface area contributed by atoms with Crippen molar-refractivity contribution in [3.05, 3.63) is 59.3 Å². The van der Waals surface area contributed by atoms with Crippen LogP contribution in [0, 0.1) is 13.8 Å². The number of carbonyl (C=O) groups is 1. The van der Waals surface area contributed by atoms with E-state index in [0.29, 0.717) is 11.3 Å². The molecule has 122 valence electrons. The van der Waals surface area contributed by atoms with Gasteiger partial charge in [0, 0.05) is 5.69 Å². The summed E-state index contributed by atoms with van der Waals surface area (Å²) in [7, 11) is 0. The lowest BCUT2D eigenvalue weighted by Gasteiger charge is -2.13. The Morgan fingerprint density at radius 3 is 2.46 bits per heavy atom. The van der Waals surface area contributed by atoms with E-state index in [1.165, 1.54) is 5.56 Å². The molecule has 5 nitrogen and oxygen atoms in total. The molecule has 5 heteroatoms. The summed E-state index contributed by atoms with van der Waals surface area (Å²) in [5.74, 6) is -0.0814. The topological polar surface area (TPSA) is 64.1 Å². The highest BCUT2D eigenvalue weighted by Gasteiger charge is 2.18. The third-order valence-electron chi connectivity index (χ3n) is 3.67. The molecule has 0 spiro atoms. The van der Waals surface area contributed by atoms with Crippen molar-refractivity contribution in [2.24, 2.45) is 0 Å². The van der Waals surface area contributed by atoms with Gasteiger partial charge in [-0.25, -0.2) is 14.8 Å². The molecule has 0 saturated carbocycles. The molecular weight excluding hydrogens is 302 g/mol. The molecule has 0 amide bonds. The van der Waals surface area contributed by atoms with Crippen LogP contribution in [0.1, 0.15) is 28.5 Å². The fraction of sp³-hybridized carbons (Fsp3) is 0.211. The van der Waals surface area contributed by atoms with Gasteiger partial charge in [-0.05, 0) is 44.5 Å². The number of rotatable bonds is 4. The van der Waals surface area contributed by atoms with Crippen LogP contribution in [0.5, 0.6) is 0 Å². The second kappa shape index (κ2) is 6.66. The molecule has 2 aromatic carbocycles. The quantitative estimate of drug-likeness (QED) is 0.731. The van der Waals surface area contributed by atoms with Crippen LogP contribution >= 0.6 is 0 Å². The van der Waals surface area contributed by atoms with Crippen molar-refractivity contribution in [1.29, 1.82) is 0 Å². The van der Waals surface area contributed by atoms with Crippen LogP contribution in [0.2, 0.25) is 0 Å². The zero-order valence-corrected chi connectivity index (χ0v) is 14.0. The van der Waals surface area contributed by atoms with Crippen molar-refractivity contribution in [1.82, 2.24) is 9.97 Å². The lowest BCUT2D eigenvalue weighted by molar-refractivity contribution is 0.0521. The van der Waals surface area contributed by atoms with E-state index in [4.69, 9.17) is 4.74 Å². The predicted molar refractivity (Wildman–Crippen MR) is 94.7 cm³/mol. The Bertz CT molecular complexity index is 906. The van der Waals surface area contributed by atoms with Crippen molar-refractivity contribution in [2.75, 3.05) is 11.9 Å². The molecule has 1 aromatic heterocycles. The Labute approximate surface area is 140 Å². The number of hydrogen-bond donors (Lipinski definition) is 1. The average Bonchev–Trinajstić information content (AvgIpc) is 2.57. The first-order valence-electron chi connectivity index (χ1n) is 7.86. The third-order valence-corrected chi connectivity index (χ3v) is 3.67. The zero-order valence-electron chi connectivity index (χ0n) is 14.0. The summed E-state index contributed by atoms with van der Waals surface area (Å²) in [4.78, 5) is 21.3. The monoisotopic (exact) mass is 321 g/mol. The van der Waals surface area contributed by atoms with E-state index in [1.807, 2.05) is 50.2 Å². The lowest BCUT2D eigenvalue weighted by atomic mass is 10.1. The maximum Gasteiger partial charge on any atom is 0.360 e. The molecule has 0 aliphatic heterocycles. The van der Waals surface area contributed by atoms with Crippen molar-refractivity contribution in [3.8, 4) is 0 Å². The lowest BCUT2D eigenvalue weighted by Crippen LogP contribution is -2.12. The summed E-state index contributed by atoms with van der Waals surface area (Å²) in [6.07, 6.45) is 0. The van der Waals surface area contributed by atoms with E-state index in [9.17, 15) is 4.79 Å². The summed E-state index contributed by atoms with van der Waals surface area (Å²) in [6.45, 7) is 6.10. The number of hydrogen-bond acceptors (Lipinski definition) is 5. The Kier molecular flexibility index (Phi) is 4.42. The van der Waals surface area contributed by atoms with Gasteiger partial charge in [-0.2, -0.15) is 0 Å². The van der Waals surface area contributed by atoms with Gasteiger partial charge in [-0.3, -0.25) is 0 Å². The standard InChI is InChI=1S/C19H19N3O2/c1-4-24-19(23)17-18(21-14-10-9-12(2)11-13(14)3)22-16-8-6-5-7-15(16)20-17/h5-11H,4H2,1-3H3,(H,21,22). The van der Waals surface area contributed by atoms with Gasteiger partial charge >= 0.3 is 5.97 Å². The summed E-state index contributed by atoms with van der Waals surface area (Å²) >= 11 is 0. The molecule has 24 heavy (non-hydrogen) atoms. The van der Waals surface area contributed by atoms with Crippen LogP contribution in [0.4, 0.5) is 11.5 Å². The number of benzene rings is 2. The van der Waals surface area contributed by atoms with Crippen molar-refractivity contribution in [2.45, 2.75) is 20.8 Å². The summed E-state index contributed by atoms with van der Waals surface area (Å²) in [5, 5.41) is 3.23. The maximum atomic E-state index is 12.3. The van der Waals surface area contributed by atoms with E-state index in [2.05, 4.69) is 21.4 Å². The number of esters is 1. The fourth-order valence-electron chi connectivity index (χ4n) is 2.51. The number of nitrogens with one attached hydrogen (secondary N) is 1. The van der Waals surface area contributed by atoms with Crippen LogP contribution in [0.25, 0.3) is 11.0 Å². The van der Waals surface area contributed by atoms with E-state index < -0.39 is 5.97 Å². The van der Waals surface area contributed by atoms with Gasteiger partial charge in [0.15, 0.2) is 11.5 Å². The molecule has 0 saturated heterocycles. The fourth-order valence-corrected chi connectivity index (χ4v) is 2.51. The number of para-hydroxylation sites is 2. The highest BCUT2D eigenvalue weighted by molar-refractivity contribution is 5.96. The number of fused-ring (bicyclic) bond motifs is 1. The molecule has 3 rings (SSSR count). The third kappa shape index (κ3) is 3.20. The molecule has 0 atom stereocenters. The Morgan fingerprint density at radius 2 is 1.79 bits per heavy atom. The molecule has 0 bridgehead atoms. The maximum absolute atomic E-state index is 12.3. The molecular formula is C19H19N3O2. The number of anilines is 2. The second-order valence-corrected chi connectivity index (χ2v) is 5.57. The molecule has 0 fully saturated rings. The first-order chi connectivity index (χ1) is 11.6. The smallest absolute Gasteiger partial charge is 0.360 e. The number of aromatic nitrogens is 2. The van der Waals surface area contributed by atoms with E-state index >= 15 is 0 Å². The van der Waals surface area contributed by atoms with Crippen molar-refractivity contribution in [3.63, 3.8) is 0 Å². The summed E-state index contributed by atoms with van der Waals surface area (Å²) < 4.78 is 5.12. The van der Waals surface area contributed by atoms with Crippen LogP contribution < -0.4 is 5.32 Å². The number of nitrogens with zero attached hydrogens (tertiary/aromatic N) is 2. The van der Waals surface area contributed by atoms with E-state index in [1.54, 1.807) is 6.92 Å². The number of ether oxygens (including phenoxy) is 1. The molecule has 3 aromatic rings. The SMILES string of the molecule is CCOC(=O)c1nc2ccccc2nc1Nc1ccc(C)cc1C. The Balaban J connectivity index is 2.09. The van der Waals surface area contributed by atoms with Gasteiger partial charge in [0.25, 0.3) is 0 Å². The molecule has 1 N–H and O–H groups in total. The van der Waals surface area contributed by atoms with Crippen LogP contribution in [-0.4, -0.2) is 22.5 Å². The zero-order chi connectivity index (χ0) is 17.1. The van der Waals surface area contributed by atoms with Crippen LogP contribution in [0.3, 0.4) is 0 Å². The van der Waals surface area contributed by atoms with Gasteiger partial charge < -0.3 is 10.1 Å². The Hall–Kier alpha value is -2.95. The highest BCUT2D eigenvalue weighted by atomic mass is 16.5. The summed E-state index contributed by atoms with van der Waals surface area (Å²) in [5.41, 5.74) is 4.70. The first kappa shape index (κ1) is 15.9. The van der Waals surface area contributed by atoms with Gasteiger partial charge in [-0.1, -0.05) is 29.8 Å². The molecule has 1 heterocycles. The second-order valence-electron chi connectivity index (χ2n) is 5.57. The minimum atomic E-state index is -0.483. The first-order valence-corrected chi connectivity index (χ1v) is 7.86. The molecule has 0 aliphatic rings. The van der Waals surface area contributed by atoms with E-state index in [-0.39, 0.29) is 12.3 Å². The minimum absolute atomic E-state index is 0.190. The van der Waals surface area contributed by atoms with E-state index in [0.717, 1.165) is 16.8 Å². The molecule has 0 radical (unpaired) electrons. The number of carbonyl (C=O) groups excluding carboxylic acids is 1. The highest BCUT2D eigenvalue weighted by Crippen LogP contribution is 2.24. The Morgan fingerprint density at radius 1 is 1.08 bits per heavy atom. The van der Waals surface area contributed by atoms with Gasteiger partial charge in [0.2, 0.25) is 0 Å².